The Morgan fingerprint density at radius 1 is 1.42 bits per heavy atom. The Hall–Kier alpha value is -0.280. The van der Waals surface area contributed by atoms with E-state index in [9.17, 15) is 0 Å². The largest absolute Gasteiger partial charge is 0.330 e. The molecule has 1 aliphatic heterocycles. The second-order valence-corrected chi connectivity index (χ2v) is 5.69. The van der Waals surface area contributed by atoms with Gasteiger partial charge in [0.25, 0.3) is 0 Å². The van der Waals surface area contributed by atoms with Gasteiger partial charge in [0.2, 0.25) is 0 Å². The number of halogens is 2. The second-order valence-electron chi connectivity index (χ2n) is 5.28. The topological polar surface area (TPSA) is 29.3 Å². The molecule has 0 bridgehead atoms. The van der Waals surface area contributed by atoms with E-state index in [2.05, 4.69) is 24.0 Å². The van der Waals surface area contributed by atoms with Crippen molar-refractivity contribution in [3.05, 3.63) is 34.9 Å². The average Bonchev–Trinajstić information content (AvgIpc) is 2.39. The molecule has 108 valence electrons. The highest BCUT2D eigenvalue weighted by Gasteiger charge is 2.24. The quantitative estimate of drug-likeness (QED) is 0.914. The highest BCUT2D eigenvalue weighted by Crippen LogP contribution is 2.31. The predicted octanol–water partition coefficient (Wildman–Crippen LogP) is 3.88. The second kappa shape index (κ2) is 8.11. The van der Waals surface area contributed by atoms with Gasteiger partial charge in [0, 0.05) is 17.6 Å². The summed E-state index contributed by atoms with van der Waals surface area (Å²) in [5, 5.41) is 0.881. The fourth-order valence-electron chi connectivity index (χ4n) is 2.93. The van der Waals surface area contributed by atoms with Gasteiger partial charge in [-0.3, -0.25) is 4.90 Å². The molecule has 1 aliphatic rings. The molecule has 1 saturated heterocycles. The van der Waals surface area contributed by atoms with E-state index in [1.54, 1.807) is 0 Å². The van der Waals surface area contributed by atoms with Crippen LogP contribution < -0.4 is 5.73 Å². The Bertz CT molecular complexity index is 382. The van der Waals surface area contributed by atoms with E-state index in [-0.39, 0.29) is 12.4 Å². The molecule has 0 spiro atoms. The smallest absolute Gasteiger partial charge is 0.0453 e. The van der Waals surface area contributed by atoms with Gasteiger partial charge in [-0.1, -0.05) is 29.8 Å². The van der Waals surface area contributed by atoms with Crippen molar-refractivity contribution in [1.82, 2.24) is 4.90 Å². The fourth-order valence-corrected chi connectivity index (χ4v) is 3.22. The van der Waals surface area contributed by atoms with E-state index in [4.69, 9.17) is 17.3 Å². The van der Waals surface area contributed by atoms with Crippen LogP contribution in [0.15, 0.2) is 24.3 Å². The summed E-state index contributed by atoms with van der Waals surface area (Å²) in [7, 11) is 0. The van der Waals surface area contributed by atoms with Crippen molar-refractivity contribution in [3.8, 4) is 0 Å². The highest BCUT2D eigenvalue weighted by atomic mass is 35.5. The molecule has 1 aromatic carbocycles. The van der Waals surface area contributed by atoms with Gasteiger partial charge in [0.15, 0.2) is 0 Å². The maximum Gasteiger partial charge on any atom is 0.0453 e. The molecule has 0 radical (unpaired) electrons. The average molecular weight is 303 g/mol. The minimum atomic E-state index is 0. The Labute approximate surface area is 127 Å². The number of rotatable bonds is 4. The number of nitrogens with two attached hydrogens (primary N) is 1. The van der Waals surface area contributed by atoms with E-state index < -0.39 is 0 Å². The molecule has 0 amide bonds. The zero-order valence-electron chi connectivity index (χ0n) is 11.5. The third-order valence-corrected chi connectivity index (χ3v) is 4.37. The maximum absolute atomic E-state index is 6.29. The standard InChI is InChI=1S/C15H23ClN2.ClH/c1-12(14-6-2-3-7-15(14)16)18-10-4-5-13(11-18)8-9-17;/h2-3,6-7,12-13H,4-5,8-11,17H2,1H3;1H. The van der Waals surface area contributed by atoms with Crippen LogP contribution in [-0.4, -0.2) is 24.5 Å². The number of hydrogen-bond donors (Lipinski definition) is 1. The van der Waals surface area contributed by atoms with Crippen molar-refractivity contribution in [3.63, 3.8) is 0 Å². The Morgan fingerprint density at radius 3 is 2.84 bits per heavy atom. The molecule has 2 nitrogen and oxygen atoms in total. The maximum atomic E-state index is 6.29. The fraction of sp³-hybridized carbons (Fsp3) is 0.600. The first-order valence-electron chi connectivity index (χ1n) is 6.91. The van der Waals surface area contributed by atoms with E-state index in [0.717, 1.165) is 30.5 Å². The molecule has 1 heterocycles. The molecule has 1 aromatic rings. The summed E-state index contributed by atoms with van der Waals surface area (Å²) in [4.78, 5) is 2.55. The molecular formula is C15H24Cl2N2. The zero-order chi connectivity index (χ0) is 13.0. The minimum absolute atomic E-state index is 0. The Balaban J connectivity index is 0.00000180. The molecule has 2 rings (SSSR count). The molecule has 19 heavy (non-hydrogen) atoms. The van der Waals surface area contributed by atoms with Gasteiger partial charge in [-0.25, -0.2) is 0 Å². The van der Waals surface area contributed by atoms with E-state index in [1.807, 2.05) is 12.1 Å². The van der Waals surface area contributed by atoms with Gasteiger partial charge in [0.05, 0.1) is 0 Å². The first kappa shape index (κ1) is 16.8. The van der Waals surface area contributed by atoms with Crippen LogP contribution in [0.25, 0.3) is 0 Å². The van der Waals surface area contributed by atoms with Crippen molar-refractivity contribution in [2.24, 2.45) is 11.7 Å². The van der Waals surface area contributed by atoms with Crippen LogP contribution in [0.5, 0.6) is 0 Å². The molecule has 0 saturated carbocycles. The summed E-state index contributed by atoms with van der Waals surface area (Å²) in [5.41, 5.74) is 6.92. The molecule has 2 N–H and O–H groups in total. The van der Waals surface area contributed by atoms with Gasteiger partial charge in [-0.05, 0) is 56.8 Å². The Morgan fingerprint density at radius 2 is 2.16 bits per heavy atom. The van der Waals surface area contributed by atoms with Crippen LogP contribution in [0.4, 0.5) is 0 Å². The highest BCUT2D eigenvalue weighted by molar-refractivity contribution is 6.31. The van der Waals surface area contributed by atoms with Crippen molar-refractivity contribution >= 4 is 24.0 Å². The molecule has 1 fully saturated rings. The number of piperidine rings is 1. The van der Waals surface area contributed by atoms with Crippen LogP contribution >= 0.6 is 24.0 Å². The van der Waals surface area contributed by atoms with Gasteiger partial charge in [-0.2, -0.15) is 0 Å². The van der Waals surface area contributed by atoms with E-state index in [1.165, 1.54) is 24.9 Å². The summed E-state index contributed by atoms with van der Waals surface area (Å²) in [6, 6.07) is 8.58. The predicted molar refractivity (Wildman–Crippen MR) is 85.1 cm³/mol. The van der Waals surface area contributed by atoms with Crippen LogP contribution in [-0.2, 0) is 0 Å². The number of hydrogen-bond acceptors (Lipinski definition) is 2. The molecule has 0 aliphatic carbocycles. The van der Waals surface area contributed by atoms with Crippen LogP contribution in [0.1, 0.15) is 37.8 Å². The number of nitrogens with zero attached hydrogens (tertiary/aromatic N) is 1. The molecule has 2 atom stereocenters. The zero-order valence-corrected chi connectivity index (χ0v) is 13.1. The lowest BCUT2D eigenvalue weighted by Crippen LogP contribution is -2.38. The van der Waals surface area contributed by atoms with E-state index in [0.29, 0.717) is 6.04 Å². The summed E-state index contributed by atoms with van der Waals surface area (Å²) in [6.07, 6.45) is 3.74. The van der Waals surface area contributed by atoms with Gasteiger partial charge in [0.1, 0.15) is 0 Å². The number of likely N-dealkylation sites (tertiary alicyclic amines) is 1. The monoisotopic (exact) mass is 302 g/mol. The summed E-state index contributed by atoms with van der Waals surface area (Å²) >= 11 is 6.29. The van der Waals surface area contributed by atoms with Crippen LogP contribution in [0.3, 0.4) is 0 Å². The van der Waals surface area contributed by atoms with Gasteiger partial charge in [-0.15, -0.1) is 12.4 Å². The lowest BCUT2D eigenvalue weighted by atomic mass is 9.93. The molecule has 0 aromatic heterocycles. The van der Waals surface area contributed by atoms with Crippen molar-refractivity contribution < 1.29 is 0 Å². The normalized spacial score (nSPS) is 21.7. The third-order valence-electron chi connectivity index (χ3n) is 4.03. The van der Waals surface area contributed by atoms with Crippen molar-refractivity contribution in [2.45, 2.75) is 32.2 Å². The van der Waals surface area contributed by atoms with Crippen LogP contribution in [0.2, 0.25) is 5.02 Å². The Kier molecular flexibility index (Phi) is 7.16. The summed E-state index contributed by atoms with van der Waals surface area (Å²) in [6.45, 7) is 5.39. The first-order valence-corrected chi connectivity index (χ1v) is 7.28. The third kappa shape index (κ3) is 4.35. The van der Waals surface area contributed by atoms with E-state index >= 15 is 0 Å². The SMILES string of the molecule is CC(c1ccccc1Cl)N1CCCC(CCN)C1.Cl. The van der Waals surface area contributed by atoms with Crippen molar-refractivity contribution in [2.75, 3.05) is 19.6 Å². The summed E-state index contributed by atoms with van der Waals surface area (Å²) in [5.74, 6) is 0.758. The van der Waals surface area contributed by atoms with Gasteiger partial charge < -0.3 is 5.73 Å². The lowest BCUT2D eigenvalue weighted by molar-refractivity contribution is 0.128. The number of benzene rings is 1. The van der Waals surface area contributed by atoms with Gasteiger partial charge >= 0.3 is 0 Å². The van der Waals surface area contributed by atoms with Crippen LogP contribution in [0, 0.1) is 5.92 Å². The first-order chi connectivity index (χ1) is 8.72. The lowest BCUT2D eigenvalue weighted by Gasteiger charge is -2.37. The summed E-state index contributed by atoms with van der Waals surface area (Å²) < 4.78 is 0. The van der Waals surface area contributed by atoms with Crippen molar-refractivity contribution in [1.29, 1.82) is 0 Å². The minimum Gasteiger partial charge on any atom is -0.330 e. The molecule has 2 unspecified atom stereocenters. The molecular weight excluding hydrogens is 279 g/mol. The molecule has 4 heteroatoms.